The fourth-order valence-corrected chi connectivity index (χ4v) is 3.44. The molecule has 0 aromatic heterocycles. The standard InChI is InChI=1S/C21H24N2O2S/c1-3-13-25-17-9-7-16(8-10-17)22-21(26)23-20-6-4-5-15-14-18(24-2)11-12-19(15)20/h3,7-12,14,20H,1,4-6,13H2,2H3,(H2,22,23,26)/t20-/m1/s1. The number of rotatable bonds is 6. The Morgan fingerprint density at radius 2 is 2.00 bits per heavy atom. The maximum Gasteiger partial charge on any atom is 0.171 e. The molecule has 0 bridgehead atoms. The maximum absolute atomic E-state index is 5.51. The molecule has 2 aromatic rings. The van der Waals surface area contributed by atoms with Gasteiger partial charge in [-0.3, -0.25) is 0 Å². The first-order chi connectivity index (χ1) is 12.7. The Morgan fingerprint density at radius 1 is 1.23 bits per heavy atom. The third-order valence-electron chi connectivity index (χ3n) is 4.45. The Morgan fingerprint density at radius 3 is 2.73 bits per heavy atom. The van der Waals surface area contributed by atoms with Gasteiger partial charge in [-0.15, -0.1) is 0 Å². The number of methoxy groups -OCH3 is 1. The van der Waals surface area contributed by atoms with Gasteiger partial charge in [-0.25, -0.2) is 0 Å². The normalized spacial score (nSPS) is 15.5. The molecule has 0 unspecified atom stereocenters. The number of fused-ring (bicyclic) bond motifs is 1. The van der Waals surface area contributed by atoms with Crippen LogP contribution in [0.5, 0.6) is 11.5 Å². The van der Waals surface area contributed by atoms with E-state index in [0.29, 0.717) is 11.7 Å². The van der Waals surface area contributed by atoms with Gasteiger partial charge in [0.2, 0.25) is 0 Å². The van der Waals surface area contributed by atoms with E-state index in [1.54, 1.807) is 13.2 Å². The largest absolute Gasteiger partial charge is 0.497 e. The highest BCUT2D eigenvalue weighted by Gasteiger charge is 2.21. The number of nitrogens with one attached hydrogen (secondary N) is 2. The third kappa shape index (κ3) is 4.55. The van der Waals surface area contributed by atoms with Crippen LogP contribution in [0.15, 0.2) is 55.1 Å². The summed E-state index contributed by atoms with van der Waals surface area (Å²) in [5.41, 5.74) is 3.56. The van der Waals surface area contributed by atoms with Crippen molar-refractivity contribution in [1.82, 2.24) is 5.32 Å². The molecule has 0 fully saturated rings. The number of ether oxygens (including phenoxy) is 2. The number of hydrogen-bond donors (Lipinski definition) is 2. The molecule has 1 aliphatic rings. The minimum Gasteiger partial charge on any atom is -0.497 e. The highest BCUT2D eigenvalue weighted by Crippen LogP contribution is 2.32. The molecule has 1 atom stereocenters. The second-order valence-corrected chi connectivity index (χ2v) is 6.64. The molecule has 1 aliphatic carbocycles. The molecule has 0 amide bonds. The molecule has 0 aliphatic heterocycles. The zero-order valence-electron chi connectivity index (χ0n) is 15.0. The van der Waals surface area contributed by atoms with Crippen molar-refractivity contribution >= 4 is 23.0 Å². The fourth-order valence-electron chi connectivity index (χ4n) is 3.18. The zero-order valence-corrected chi connectivity index (χ0v) is 15.8. The fraction of sp³-hybridized carbons (Fsp3) is 0.286. The molecule has 26 heavy (non-hydrogen) atoms. The number of anilines is 1. The Labute approximate surface area is 160 Å². The minimum absolute atomic E-state index is 0.222. The lowest BCUT2D eigenvalue weighted by Crippen LogP contribution is -2.34. The van der Waals surface area contributed by atoms with Crippen LogP contribution in [0.3, 0.4) is 0 Å². The van der Waals surface area contributed by atoms with Gasteiger partial charge in [0.25, 0.3) is 0 Å². The van der Waals surface area contributed by atoms with Gasteiger partial charge < -0.3 is 20.1 Å². The number of benzene rings is 2. The second-order valence-electron chi connectivity index (χ2n) is 6.23. The third-order valence-corrected chi connectivity index (χ3v) is 4.67. The summed E-state index contributed by atoms with van der Waals surface area (Å²) >= 11 is 5.51. The first-order valence-electron chi connectivity index (χ1n) is 8.77. The molecule has 2 aromatic carbocycles. The molecule has 4 nitrogen and oxygen atoms in total. The van der Waals surface area contributed by atoms with Crippen molar-refractivity contribution in [3.05, 3.63) is 66.2 Å². The minimum atomic E-state index is 0.222. The molecule has 5 heteroatoms. The van der Waals surface area contributed by atoms with E-state index in [-0.39, 0.29) is 6.04 Å². The summed E-state index contributed by atoms with van der Waals surface area (Å²) in [5.74, 6) is 1.72. The second kappa shape index (κ2) is 8.72. The van der Waals surface area contributed by atoms with Crippen LogP contribution < -0.4 is 20.1 Å². The van der Waals surface area contributed by atoms with Crippen LogP contribution in [-0.2, 0) is 6.42 Å². The first-order valence-corrected chi connectivity index (χ1v) is 9.18. The highest BCUT2D eigenvalue weighted by atomic mass is 32.1. The molecule has 3 rings (SSSR count). The number of hydrogen-bond acceptors (Lipinski definition) is 3. The Hall–Kier alpha value is -2.53. The summed E-state index contributed by atoms with van der Waals surface area (Å²) in [6, 6.07) is 14.2. The van der Waals surface area contributed by atoms with E-state index in [0.717, 1.165) is 36.4 Å². The summed E-state index contributed by atoms with van der Waals surface area (Å²) < 4.78 is 10.8. The van der Waals surface area contributed by atoms with Crippen molar-refractivity contribution in [2.45, 2.75) is 25.3 Å². The molecule has 136 valence electrons. The molecular weight excluding hydrogens is 344 g/mol. The quantitative estimate of drug-likeness (QED) is 0.575. The van der Waals surface area contributed by atoms with E-state index in [1.165, 1.54) is 11.1 Å². The van der Waals surface area contributed by atoms with Gasteiger partial charge in [-0.2, -0.15) is 0 Å². The van der Waals surface area contributed by atoms with Crippen LogP contribution in [0.2, 0.25) is 0 Å². The lowest BCUT2D eigenvalue weighted by Gasteiger charge is -2.28. The molecule has 2 N–H and O–H groups in total. The van der Waals surface area contributed by atoms with Crippen molar-refractivity contribution in [3.8, 4) is 11.5 Å². The van der Waals surface area contributed by atoms with Crippen molar-refractivity contribution in [3.63, 3.8) is 0 Å². The van der Waals surface area contributed by atoms with Gasteiger partial charge in [-0.05, 0) is 79.0 Å². The molecule has 0 saturated heterocycles. The van der Waals surface area contributed by atoms with E-state index in [1.807, 2.05) is 30.3 Å². The van der Waals surface area contributed by atoms with Crippen LogP contribution in [0.1, 0.15) is 30.0 Å². The van der Waals surface area contributed by atoms with Crippen LogP contribution >= 0.6 is 12.2 Å². The van der Waals surface area contributed by atoms with Crippen molar-refractivity contribution < 1.29 is 9.47 Å². The first kappa shape index (κ1) is 18.3. The van der Waals surface area contributed by atoms with Crippen LogP contribution in [0, 0.1) is 0 Å². The van der Waals surface area contributed by atoms with Crippen molar-refractivity contribution in [1.29, 1.82) is 0 Å². The van der Waals surface area contributed by atoms with E-state index >= 15 is 0 Å². The van der Waals surface area contributed by atoms with E-state index in [9.17, 15) is 0 Å². The van der Waals surface area contributed by atoms with Gasteiger partial charge >= 0.3 is 0 Å². The molecule has 0 heterocycles. The SMILES string of the molecule is C=CCOc1ccc(NC(=S)N[C@@H]2CCCc3cc(OC)ccc32)cc1. The predicted molar refractivity (Wildman–Crippen MR) is 110 cm³/mol. The number of aryl methyl sites for hydroxylation is 1. The van der Waals surface area contributed by atoms with Gasteiger partial charge in [-0.1, -0.05) is 18.7 Å². The average Bonchev–Trinajstić information content (AvgIpc) is 2.67. The summed E-state index contributed by atoms with van der Waals surface area (Å²) in [6.45, 7) is 4.14. The van der Waals surface area contributed by atoms with E-state index in [4.69, 9.17) is 21.7 Å². The maximum atomic E-state index is 5.51. The number of thiocarbonyl (C=S) groups is 1. The van der Waals surface area contributed by atoms with Gasteiger partial charge in [0.1, 0.15) is 18.1 Å². The molecule has 0 radical (unpaired) electrons. The Balaban J connectivity index is 1.61. The smallest absolute Gasteiger partial charge is 0.171 e. The lowest BCUT2D eigenvalue weighted by molar-refractivity contribution is 0.363. The summed E-state index contributed by atoms with van der Waals surface area (Å²) in [7, 11) is 1.70. The van der Waals surface area contributed by atoms with Gasteiger partial charge in [0, 0.05) is 5.69 Å². The Kier molecular flexibility index (Phi) is 6.12. The molecule has 0 saturated carbocycles. The Bertz CT molecular complexity index is 774. The topological polar surface area (TPSA) is 42.5 Å². The highest BCUT2D eigenvalue weighted by molar-refractivity contribution is 7.80. The molecule has 0 spiro atoms. The van der Waals surface area contributed by atoms with Crippen LogP contribution in [0.25, 0.3) is 0 Å². The van der Waals surface area contributed by atoms with Gasteiger partial charge in [0.15, 0.2) is 5.11 Å². The molecular formula is C21H24N2O2S. The summed E-state index contributed by atoms with van der Waals surface area (Å²) in [5, 5.41) is 7.31. The van der Waals surface area contributed by atoms with Crippen molar-refractivity contribution in [2.24, 2.45) is 0 Å². The monoisotopic (exact) mass is 368 g/mol. The summed E-state index contributed by atoms with van der Waals surface area (Å²) in [6.07, 6.45) is 5.01. The average molecular weight is 369 g/mol. The van der Waals surface area contributed by atoms with E-state index < -0.39 is 0 Å². The lowest BCUT2D eigenvalue weighted by atomic mass is 9.87. The van der Waals surface area contributed by atoms with Gasteiger partial charge in [0.05, 0.1) is 13.2 Å². The van der Waals surface area contributed by atoms with E-state index in [2.05, 4.69) is 29.3 Å². The van der Waals surface area contributed by atoms with Crippen molar-refractivity contribution in [2.75, 3.05) is 19.0 Å². The van der Waals surface area contributed by atoms with Crippen LogP contribution in [-0.4, -0.2) is 18.8 Å². The zero-order chi connectivity index (χ0) is 18.4. The summed E-state index contributed by atoms with van der Waals surface area (Å²) in [4.78, 5) is 0. The van der Waals surface area contributed by atoms with Crippen LogP contribution in [0.4, 0.5) is 5.69 Å². The predicted octanol–water partition coefficient (Wildman–Crippen LogP) is 4.62.